The van der Waals surface area contributed by atoms with Crippen molar-refractivity contribution in [1.82, 2.24) is 4.31 Å². The minimum atomic E-state index is -3.94. The number of ether oxygens (including phenoxy) is 3. The molecule has 1 saturated heterocycles. The molecule has 1 aliphatic heterocycles. The van der Waals surface area contributed by atoms with Gasteiger partial charge in [0.25, 0.3) is 0 Å². The van der Waals surface area contributed by atoms with E-state index in [1.807, 2.05) is 30.3 Å². The first-order valence-corrected chi connectivity index (χ1v) is 12.2. The Labute approximate surface area is 199 Å². The number of methoxy groups -OCH3 is 2. The van der Waals surface area contributed by atoms with E-state index >= 15 is 0 Å². The van der Waals surface area contributed by atoms with Crippen molar-refractivity contribution in [3.63, 3.8) is 0 Å². The van der Waals surface area contributed by atoms with E-state index in [0.717, 1.165) is 0 Å². The molecule has 1 heterocycles. The molecule has 0 spiro atoms. The van der Waals surface area contributed by atoms with E-state index in [2.05, 4.69) is 5.32 Å². The van der Waals surface area contributed by atoms with Crippen molar-refractivity contribution in [2.75, 3.05) is 26.1 Å². The van der Waals surface area contributed by atoms with Crippen LogP contribution < -0.4 is 19.5 Å². The fraction of sp³-hybridized carbons (Fsp3) is 0.240. The Hall–Kier alpha value is -3.56. The largest absolute Gasteiger partial charge is 0.493 e. The van der Waals surface area contributed by atoms with E-state index in [9.17, 15) is 13.2 Å². The summed E-state index contributed by atoms with van der Waals surface area (Å²) >= 11 is 0. The maximum absolute atomic E-state index is 13.4. The molecule has 1 amide bonds. The Morgan fingerprint density at radius 2 is 1.62 bits per heavy atom. The van der Waals surface area contributed by atoms with Crippen molar-refractivity contribution in [3.05, 3.63) is 72.8 Å². The molecule has 4 rings (SSSR count). The van der Waals surface area contributed by atoms with Gasteiger partial charge in [0, 0.05) is 12.6 Å². The average molecular weight is 483 g/mol. The molecule has 1 unspecified atom stereocenters. The fourth-order valence-corrected chi connectivity index (χ4v) is 5.57. The number of carbonyl (C=O) groups is 1. The van der Waals surface area contributed by atoms with Gasteiger partial charge in [0.15, 0.2) is 17.2 Å². The Morgan fingerprint density at radius 3 is 2.35 bits per heavy atom. The van der Waals surface area contributed by atoms with Crippen LogP contribution in [0.15, 0.2) is 77.7 Å². The van der Waals surface area contributed by atoms with Crippen LogP contribution in [0.4, 0.5) is 5.69 Å². The van der Waals surface area contributed by atoms with Gasteiger partial charge in [-0.05, 0) is 49.2 Å². The third-order valence-electron chi connectivity index (χ3n) is 5.58. The first kappa shape index (κ1) is 23.6. The zero-order chi connectivity index (χ0) is 24.1. The van der Waals surface area contributed by atoms with Crippen molar-refractivity contribution in [1.29, 1.82) is 0 Å². The lowest BCUT2D eigenvalue weighted by Crippen LogP contribution is -2.43. The molecule has 178 valence electrons. The van der Waals surface area contributed by atoms with Crippen LogP contribution in [0.1, 0.15) is 12.8 Å². The molecule has 1 fully saturated rings. The second-order valence-electron chi connectivity index (χ2n) is 7.69. The van der Waals surface area contributed by atoms with Crippen LogP contribution in [0.25, 0.3) is 0 Å². The van der Waals surface area contributed by atoms with Crippen LogP contribution in [-0.4, -0.2) is 45.4 Å². The van der Waals surface area contributed by atoms with Gasteiger partial charge in [-0.2, -0.15) is 4.31 Å². The number of para-hydroxylation sites is 3. The number of rotatable bonds is 8. The van der Waals surface area contributed by atoms with Crippen LogP contribution >= 0.6 is 0 Å². The molecule has 3 aromatic rings. The number of hydrogen-bond donors (Lipinski definition) is 1. The molecule has 8 nitrogen and oxygen atoms in total. The zero-order valence-corrected chi connectivity index (χ0v) is 19.7. The quantitative estimate of drug-likeness (QED) is 0.515. The second kappa shape index (κ2) is 10.1. The summed E-state index contributed by atoms with van der Waals surface area (Å²) in [5, 5.41) is 2.85. The molecular weight excluding hydrogens is 456 g/mol. The third kappa shape index (κ3) is 4.85. The monoisotopic (exact) mass is 482 g/mol. The van der Waals surface area contributed by atoms with Crippen molar-refractivity contribution < 1.29 is 27.4 Å². The summed E-state index contributed by atoms with van der Waals surface area (Å²) in [6.07, 6.45) is 0.993. The number of nitrogens with zero attached hydrogens (tertiary/aromatic N) is 1. The number of anilines is 1. The number of benzene rings is 3. The fourth-order valence-electron chi connectivity index (χ4n) is 3.89. The topological polar surface area (TPSA) is 94.2 Å². The lowest BCUT2D eigenvalue weighted by molar-refractivity contribution is -0.119. The first-order chi connectivity index (χ1) is 16.4. The van der Waals surface area contributed by atoms with E-state index in [1.165, 1.54) is 36.7 Å². The summed E-state index contributed by atoms with van der Waals surface area (Å²) < 4.78 is 44.4. The Balaban J connectivity index is 1.56. The van der Waals surface area contributed by atoms with Crippen molar-refractivity contribution in [2.45, 2.75) is 23.8 Å². The van der Waals surface area contributed by atoms with Gasteiger partial charge < -0.3 is 19.5 Å². The highest BCUT2D eigenvalue weighted by atomic mass is 32.2. The number of sulfonamides is 1. The molecular formula is C25H26N2O6S. The predicted molar refractivity (Wildman–Crippen MR) is 128 cm³/mol. The van der Waals surface area contributed by atoms with Gasteiger partial charge >= 0.3 is 0 Å². The molecule has 1 aliphatic rings. The van der Waals surface area contributed by atoms with Gasteiger partial charge in [-0.1, -0.05) is 30.3 Å². The average Bonchev–Trinajstić information content (AvgIpc) is 3.37. The van der Waals surface area contributed by atoms with E-state index in [4.69, 9.17) is 14.2 Å². The normalized spacial score (nSPS) is 16.1. The lowest BCUT2D eigenvalue weighted by Gasteiger charge is -2.24. The number of nitrogens with one attached hydrogen (secondary N) is 1. The minimum absolute atomic E-state index is 0.0395. The SMILES string of the molecule is COc1ccc(S(=O)(=O)N2CCCC2C(=O)Nc2ccccc2Oc2ccccc2)cc1OC. The Bertz CT molecular complexity index is 1260. The van der Waals surface area contributed by atoms with E-state index in [1.54, 1.807) is 24.3 Å². The molecule has 1 N–H and O–H groups in total. The van der Waals surface area contributed by atoms with Gasteiger partial charge in [-0.3, -0.25) is 4.79 Å². The summed E-state index contributed by atoms with van der Waals surface area (Å²) in [4.78, 5) is 13.3. The molecule has 1 atom stereocenters. The Kier molecular flexibility index (Phi) is 7.04. The van der Waals surface area contributed by atoms with Crippen molar-refractivity contribution >= 4 is 21.6 Å². The van der Waals surface area contributed by atoms with Gasteiger partial charge in [-0.25, -0.2) is 8.42 Å². The molecule has 3 aromatic carbocycles. The van der Waals surface area contributed by atoms with Crippen molar-refractivity contribution in [2.24, 2.45) is 0 Å². The summed E-state index contributed by atoms with van der Waals surface area (Å²) in [5.41, 5.74) is 0.465. The van der Waals surface area contributed by atoms with E-state index in [0.29, 0.717) is 41.5 Å². The smallest absolute Gasteiger partial charge is 0.243 e. The summed E-state index contributed by atoms with van der Waals surface area (Å²) in [5.74, 6) is 1.41. The number of amides is 1. The molecule has 0 bridgehead atoms. The molecule has 0 radical (unpaired) electrons. The Morgan fingerprint density at radius 1 is 0.912 bits per heavy atom. The van der Waals surface area contributed by atoms with Crippen LogP contribution in [0.3, 0.4) is 0 Å². The number of hydrogen-bond acceptors (Lipinski definition) is 6. The minimum Gasteiger partial charge on any atom is -0.493 e. The molecule has 9 heteroatoms. The first-order valence-electron chi connectivity index (χ1n) is 10.8. The summed E-state index contributed by atoms with van der Waals surface area (Å²) in [6.45, 7) is 0.247. The van der Waals surface area contributed by atoms with E-state index in [-0.39, 0.29) is 11.4 Å². The number of carbonyl (C=O) groups excluding carboxylic acids is 1. The summed E-state index contributed by atoms with van der Waals surface area (Å²) in [7, 11) is -1.02. The molecule has 0 aliphatic carbocycles. The third-order valence-corrected chi connectivity index (χ3v) is 7.49. The van der Waals surface area contributed by atoms with Gasteiger partial charge in [0.05, 0.1) is 24.8 Å². The maximum atomic E-state index is 13.4. The van der Waals surface area contributed by atoms with Gasteiger partial charge in [0.1, 0.15) is 11.8 Å². The van der Waals surface area contributed by atoms with Gasteiger partial charge in [0.2, 0.25) is 15.9 Å². The highest BCUT2D eigenvalue weighted by molar-refractivity contribution is 7.89. The van der Waals surface area contributed by atoms with E-state index < -0.39 is 22.0 Å². The molecule has 34 heavy (non-hydrogen) atoms. The van der Waals surface area contributed by atoms with Gasteiger partial charge in [-0.15, -0.1) is 0 Å². The highest BCUT2D eigenvalue weighted by Crippen LogP contribution is 2.34. The maximum Gasteiger partial charge on any atom is 0.243 e. The predicted octanol–water partition coefficient (Wildman–Crippen LogP) is 4.29. The molecule has 0 aromatic heterocycles. The summed E-state index contributed by atoms with van der Waals surface area (Å²) in [6, 6.07) is 19.8. The van der Waals surface area contributed by atoms with Crippen LogP contribution in [0.2, 0.25) is 0 Å². The van der Waals surface area contributed by atoms with Crippen molar-refractivity contribution in [3.8, 4) is 23.0 Å². The lowest BCUT2D eigenvalue weighted by atomic mass is 10.2. The second-order valence-corrected chi connectivity index (χ2v) is 9.58. The highest BCUT2D eigenvalue weighted by Gasteiger charge is 2.40. The zero-order valence-electron chi connectivity index (χ0n) is 18.9. The standard InChI is InChI=1S/C25H26N2O6S/c1-31-23-15-14-19(17-24(23)32-2)34(29,30)27-16-8-12-21(27)25(28)26-20-11-6-7-13-22(20)33-18-9-4-3-5-10-18/h3-7,9-11,13-15,17,21H,8,12,16H2,1-2H3,(H,26,28). The van der Waals surface area contributed by atoms with Crippen LogP contribution in [0, 0.1) is 0 Å². The van der Waals surface area contributed by atoms with Crippen LogP contribution in [-0.2, 0) is 14.8 Å². The van der Waals surface area contributed by atoms with Crippen LogP contribution in [0.5, 0.6) is 23.0 Å². The molecule has 0 saturated carbocycles.